The van der Waals surface area contributed by atoms with E-state index in [2.05, 4.69) is 4.72 Å². The van der Waals surface area contributed by atoms with E-state index >= 15 is 0 Å². The van der Waals surface area contributed by atoms with E-state index in [4.69, 9.17) is 4.74 Å². The minimum Gasteiger partial charge on any atom is -0.488 e. The maximum Gasteiger partial charge on any atom is 0.419 e. The van der Waals surface area contributed by atoms with Crippen LogP contribution in [-0.4, -0.2) is 39.6 Å². The highest BCUT2D eigenvalue weighted by Gasteiger charge is 2.36. The Hall–Kier alpha value is -2.69. The molecule has 5 nitrogen and oxygen atoms in total. The fourth-order valence-electron chi connectivity index (χ4n) is 4.07. The quantitative estimate of drug-likeness (QED) is 0.381. The Morgan fingerprint density at radius 3 is 2.28 bits per heavy atom. The third-order valence-corrected chi connectivity index (χ3v) is 8.70. The SMILES string of the molecule is Cc1cccc(C)c1Sc1ccc(S(=O)(=O)Nc2ccc(C(F)(F)F)c(OC3CCN(C)C3)c2)cc1. The number of sulfonamides is 1. The maximum absolute atomic E-state index is 13.5. The largest absolute Gasteiger partial charge is 0.488 e. The molecule has 0 spiro atoms. The molecule has 0 radical (unpaired) electrons. The molecule has 3 aromatic rings. The van der Waals surface area contributed by atoms with E-state index in [0.29, 0.717) is 13.0 Å². The molecule has 36 heavy (non-hydrogen) atoms. The van der Waals surface area contributed by atoms with Crippen molar-refractivity contribution in [3.63, 3.8) is 0 Å². The Morgan fingerprint density at radius 2 is 1.69 bits per heavy atom. The molecule has 1 heterocycles. The van der Waals surface area contributed by atoms with Crippen molar-refractivity contribution in [1.29, 1.82) is 0 Å². The molecule has 1 N–H and O–H groups in total. The zero-order chi connectivity index (χ0) is 26.1. The molecule has 0 amide bonds. The second-order valence-electron chi connectivity index (χ2n) is 8.90. The third-order valence-electron chi connectivity index (χ3n) is 5.94. The summed E-state index contributed by atoms with van der Waals surface area (Å²) in [6.45, 7) is 5.26. The molecule has 10 heteroatoms. The second-order valence-corrected chi connectivity index (χ2v) is 11.7. The lowest BCUT2D eigenvalue weighted by Crippen LogP contribution is -2.23. The topological polar surface area (TPSA) is 58.6 Å². The molecule has 192 valence electrons. The van der Waals surface area contributed by atoms with E-state index in [9.17, 15) is 21.6 Å². The summed E-state index contributed by atoms with van der Waals surface area (Å²) in [6.07, 6.45) is -4.43. The fraction of sp³-hybridized carbons (Fsp3) is 0.308. The first-order valence-corrected chi connectivity index (χ1v) is 13.7. The second kappa shape index (κ2) is 10.4. The van der Waals surface area contributed by atoms with Gasteiger partial charge in [-0.1, -0.05) is 30.0 Å². The number of halogens is 3. The van der Waals surface area contributed by atoms with Gasteiger partial charge in [0.25, 0.3) is 10.0 Å². The fourth-order valence-corrected chi connectivity index (χ4v) is 6.08. The molecule has 0 bridgehead atoms. The van der Waals surface area contributed by atoms with Gasteiger partial charge in [-0.05, 0) is 74.8 Å². The van der Waals surface area contributed by atoms with Crippen LogP contribution in [0, 0.1) is 13.8 Å². The molecule has 1 unspecified atom stereocenters. The number of alkyl halides is 3. The van der Waals surface area contributed by atoms with Gasteiger partial charge in [0.05, 0.1) is 16.1 Å². The average molecular weight is 537 g/mol. The van der Waals surface area contributed by atoms with E-state index in [1.165, 1.54) is 12.1 Å². The van der Waals surface area contributed by atoms with Crippen LogP contribution in [0.2, 0.25) is 0 Å². The van der Waals surface area contributed by atoms with Gasteiger partial charge < -0.3 is 9.64 Å². The summed E-state index contributed by atoms with van der Waals surface area (Å²) in [5, 5.41) is 0. The summed E-state index contributed by atoms with van der Waals surface area (Å²) in [7, 11) is -2.16. The maximum atomic E-state index is 13.5. The normalized spacial score (nSPS) is 16.8. The van der Waals surface area contributed by atoms with Gasteiger partial charge in [0.1, 0.15) is 11.9 Å². The van der Waals surface area contributed by atoms with Crippen molar-refractivity contribution in [2.75, 3.05) is 24.9 Å². The molecular weight excluding hydrogens is 509 g/mol. The number of ether oxygens (including phenoxy) is 1. The van der Waals surface area contributed by atoms with Crippen LogP contribution in [0.5, 0.6) is 5.75 Å². The number of anilines is 1. The Bertz CT molecular complexity index is 1320. The number of benzene rings is 3. The van der Waals surface area contributed by atoms with Gasteiger partial charge in [0.2, 0.25) is 0 Å². The van der Waals surface area contributed by atoms with E-state index in [1.807, 2.05) is 44.0 Å². The summed E-state index contributed by atoms with van der Waals surface area (Å²) >= 11 is 1.54. The molecule has 1 saturated heterocycles. The Morgan fingerprint density at radius 1 is 1.03 bits per heavy atom. The number of aryl methyl sites for hydroxylation is 2. The van der Waals surface area contributed by atoms with Gasteiger partial charge in [0.15, 0.2) is 0 Å². The molecule has 1 fully saturated rings. The van der Waals surface area contributed by atoms with Crippen molar-refractivity contribution in [3.8, 4) is 5.75 Å². The minimum absolute atomic E-state index is 0.00154. The van der Waals surface area contributed by atoms with Crippen LogP contribution >= 0.6 is 11.8 Å². The smallest absolute Gasteiger partial charge is 0.419 e. The van der Waals surface area contributed by atoms with Gasteiger partial charge in [-0.25, -0.2) is 8.42 Å². The number of hydrogen-bond acceptors (Lipinski definition) is 5. The average Bonchev–Trinajstić information content (AvgIpc) is 3.20. The van der Waals surface area contributed by atoms with Crippen molar-refractivity contribution in [3.05, 3.63) is 77.4 Å². The minimum atomic E-state index is -4.62. The first-order valence-electron chi connectivity index (χ1n) is 11.4. The lowest BCUT2D eigenvalue weighted by atomic mass is 10.1. The summed E-state index contributed by atoms with van der Waals surface area (Å²) in [5.41, 5.74) is 1.32. The van der Waals surface area contributed by atoms with Crippen molar-refractivity contribution < 1.29 is 26.3 Å². The lowest BCUT2D eigenvalue weighted by molar-refractivity contribution is -0.139. The van der Waals surface area contributed by atoms with Crippen LogP contribution < -0.4 is 9.46 Å². The van der Waals surface area contributed by atoms with Crippen LogP contribution in [0.3, 0.4) is 0 Å². The number of hydrogen-bond donors (Lipinski definition) is 1. The molecular formula is C26H27F3N2O3S2. The first-order chi connectivity index (χ1) is 16.9. The summed E-state index contributed by atoms with van der Waals surface area (Å²) in [4.78, 5) is 3.95. The van der Waals surface area contributed by atoms with Crippen LogP contribution in [-0.2, 0) is 16.2 Å². The number of nitrogens with one attached hydrogen (secondary N) is 1. The van der Waals surface area contributed by atoms with Gasteiger partial charge in [0, 0.05) is 28.9 Å². The van der Waals surface area contributed by atoms with Gasteiger partial charge in [-0.15, -0.1) is 0 Å². The number of likely N-dealkylation sites (tertiary alicyclic amines) is 1. The van der Waals surface area contributed by atoms with Gasteiger partial charge in [-0.3, -0.25) is 4.72 Å². The zero-order valence-electron chi connectivity index (χ0n) is 20.1. The van der Waals surface area contributed by atoms with Gasteiger partial charge >= 0.3 is 6.18 Å². The van der Waals surface area contributed by atoms with Gasteiger partial charge in [-0.2, -0.15) is 13.2 Å². The number of likely N-dealkylation sites (N-methyl/N-ethyl adjacent to an activating group) is 1. The first kappa shape index (κ1) is 26.4. The highest BCUT2D eigenvalue weighted by Crippen LogP contribution is 2.39. The van der Waals surface area contributed by atoms with Crippen molar-refractivity contribution >= 4 is 27.5 Å². The standard InChI is InChI=1S/C26H27F3N2O3S2/c1-17-5-4-6-18(2)25(17)35-21-8-10-22(11-9-21)36(32,33)30-19-7-12-23(26(27,28)29)24(15-19)34-20-13-14-31(3)16-20/h4-12,15,20,30H,13-14,16H2,1-3H3. The molecule has 1 atom stereocenters. The molecule has 4 rings (SSSR count). The number of nitrogens with zero attached hydrogens (tertiary/aromatic N) is 1. The molecule has 0 aromatic heterocycles. The number of rotatable bonds is 7. The van der Waals surface area contributed by atoms with Crippen LogP contribution in [0.15, 0.2) is 75.4 Å². The molecule has 1 aliphatic rings. The highest BCUT2D eigenvalue weighted by atomic mass is 32.2. The monoisotopic (exact) mass is 536 g/mol. The van der Waals surface area contributed by atoms with Crippen LogP contribution in [0.25, 0.3) is 0 Å². The summed E-state index contributed by atoms with van der Waals surface area (Å²) in [6, 6.07) is 15.4. The van der Waals surface area contributed by atoms with Crippen molar-refractivity contribution in [1.82, 2.24) is 4.90 Å². The predicted octanol–water partition coefficient (Wildman–Crippen LogP) is 6.36. The molecule has 0 saturated carbocycles. The molecule has 1 aliphatic heterocycles. The molecule has 0 aliphatic carbocycles. The Labute approximate surface area is 213 Å². The molecule has 3 aromatic carbocycles. The summed E-state index contributed by atoms with van der Waals surface area (Å²) in [5.74, 6) is -0.386. The van der Waals surface area contributed by atoms with Crippen molar-refractivity contribution in [2.45, 2.75) is 47.2 Å². The lowest BCUT2D eigenvalue weighted by Gasteiger charge is -2.19. The van der Waals surface area contributed by atoms with E-state index in [0.717, 1.165) is 45.7 Å². The Kier molecular flexibility index (Phi) is 7.59. The van der Waals surface area contributed by atoms with E-state index < -0.39 is 27.9 Å². The zero-order valence-corrected chi connectivity index (χ0v) is 21.7. The van der Waals surface area contributed by atoms with Crippen LogP contribution in [0.1, 0.15) is 23.1 Å². The highest BCUT2D eigenvalue weighted by molar-refractivity contribution is 7.99. The van der Waals surface area contributed by atoms with E-state index in [1.54, 1.807) is 23.9 Å². The predicted molar refractivity (Wildman–Crippen MR) is 135 cm³/mol. The Balaban J connectivity index is 1.54. The third kappa shape index (κ3) is 6.16. The van der Waals surface area contributed by atoms with Crippen LogP contribution in [0.4, 0.5) is 18.9 Å². The van der Waals surface area contributed by atoms with Crippen molar-refractivity contribution in [2.24, 2.45) is 0 Å². The summed E-state index contributed by atoms with van der Waals surface area (Å²) < 4.78 is 74.6. The van der Waals surface area contributed by atoms with E-state index in [-0.39, 0.29) is 16.3 Å².